The van der Waals surface area contributed by atoms with Crippen LogP contribution in [-0.4, -0.2) is 49.7 Å². The number of anilines is 1. The van der Waals surface area contributed by atoms with Crippen LogP contribution in [0, 0.1) is 0 Å². The van der Waals surface area contributed by atoms with E-state index in [4.69, 9.17) is 14.2 Å². The van der Waals surface area contributed by atoms with E-state index < -0.39 is 24.2 Å². The van der Waals surface area contributed by atoms with Crippen molar-refractivity contribution in [2.24, 2.45) is 0 Å². The van der Waals surface area contributed by atoms with Gasteiger partial charge in [0.2, 0.25) is 0 Å². The lowest BCUT2D eigenvalue weighted by Gasteiger charge is -2.34. The third-order valence-corrected chi connectivity index (χ3v) is 6.14. The molecule has 2 heterocycles. The van der Waals surface area contributed by atoms with E-state index in [-0.39, 0.29) is 24.3 Å². The molecule has 1 aromatic heterocycles. The molecule has 1 aliphatic heterocycles. The number of nitrogens with zero attached hydrogens (tertiary/aromatic N) is 2. The minimum absolute atomic E-state index is 0.0168. The van der Waals surface area contributed by atoms with Gasteiger partial charge in [-0.05, 0) is 30.2 Å². The standard InChI is InChI=1S/C25H27F3N4O4/c1-34-19-7-5-4-6-16(19)18-13-22(25(26,27)28)32-23(31-18)17(14-30-32)24(33)29-11-10-15-8-9-20(35-2)21(12-15)36-3/h4-9,12,14,18,22,31H,10-11,13H2,1-3H3,(H,29,33)/t18-,22+/m1/s1. The van der Waals surface area contributed by atoms with Gasteiger partial charge >= 0.3 is 6.18 Å². The van der Waals surface area contributed by atoms with Gasteiger partial charge in [0.25, 0.3) is 5.91 Å². The van der Waals surface area contributed by atoms with Crippen LogP contribution < -0.4 is 24.8 Å². The number of amides is 1. The highest BCUT2D eigenvalue weighted by atomic mass is 19.4. The first-order valence-electron chi connectivity index (χ1n) is 11.3. The molecular formula is C25H27F3N4O4. The molecule has 0 unspecified atom stereocenters. The van der Waals surface area contributed by atoms with Crippen molar-refractivity contribution in [3.63, 3.8) is 0 Å². The Hall–Kier alpha value is -3.89. The number of halogens is 3. The maximum atomic E-state index is 14.0. The van der Waals surface area contributed by atoms with Gasteiger partial charge in [-0.25, -0.2) is 4.68 Å². The third kappa shape index (κ3) is 5.05. The number of ether oxygens (including phenoxy) is 3. The van der Waals surface area contributed by atoms with Crippen molar-refractivity contribution in [3.8, 4) is 17.2 Å². The first-order valence-corrected chi connectivity index (χ1v) is 11.3. The number of hydrogen-bond donors (Lipinski definition) is 2. The lowest BCUT2D eigenvalue weighted by Crippen LogP contribution is -2.36. The van der Waals surface area contributed by atoms with Gasteiger partial charge in [0.15, 0.2) is 17.5 Å². The smallest absolute Gasteiger partial charge is 0.410 e. The first-order chi connectivity index (χ1) is 17.3. The fourth-order valence-electron chi connectivity index (χ4n) is 4.34. The molecule has 0 fully saturated rings. The quantitative estimate of drug-likeness (QED) is 0.469. The third-order valence-electron chi connectivity index (χ3n) is 6.14. The molecule has 192 valence electrons. The van der Waals surface area contributed by atoms with E-state index >= 15 is 0 Å². The second-order valence-electron chi connectivity index (χ2n) is 8.28. The fraction of sp³-hybridized carbons (Fsp3) is 0.360. The van der Waals surface area contributed by atoms with Crippen molar-refractivity contribution in [1.29, 1.82) is 0 Å². The Bertz CT molecular complexity index is 1230. The number of benzene rings is 2. The van der Waals surface area contributed by atoms with Crippen LogP contribution in [0.25, 0.3) is 0 Å². The average Bonchev–Trinajstić information content (AvgIpc) is 3.31. The molecule has 36 heavy (non-hydrogen) atoms. The van der Waals surface area contributed by atoms with Gasteiger partial charge in [0.05, 0.1) is 33.6 Å². The number of rotatable bonds is 8. The summed E-state index contributed by atoms with van der Waals surface area (Å²) in [5, 5.41) is 9.77. The van der Waals surface area contributed by atoms with Crippen molar-refractivity contribution in [3.05, 3.63) is 65.4 Å². The van der Waals surface area contributed by atoms with E-state index in [1.807, 2.05) is 6.07 Å². The van der Waals surface area contributed by atoms with Crippen LogP contribution in [0.2, 0.25) is 0 Å². The summed E-state index contributed by atoms with van der Waals surface area (Å²) in [4.78, 5) is 13.0. The number of carbonyl (C=O) groups is 1. The largest absolute Gasteiger partial charge is 0.496 e. The van der Waals surface area contributed by atoms with Crippen LogP contribution in [-0.2, 0) is 6.42 Å². The van der Waals surface area contributed by atoms with Crippen LogP contribution in [0.5, 0.6) is 17.2 Å². The first kappa shape index (κ1) is 25.2. The summed E-state index contributed by atoms with van der Waals surface area (Å²) in [6.45, 7) is 0.261. The Kier molecular flexibility index (Phi) is 7.27. The molecule has 8 nitrogen and oxygen atoms in total. The molecule has 0 spiro atoms. The minimum Gasteiger partial charge on any atom is -0.496 e. The summed E-state index contributed by atoms with van der Waals surface area (Å²) in [6, 6.07) is 9.68. The molecule has 2 N–H and O–H groups in total. The Morgan fingerprint density at radius 3 is 2.50 bits per heavy atom. The normalized spacial score (nSPS) is 17.1. The van der Waals surface area contributed by atoms with Gasteiger partial charge in [0, 0.05) is 18.5 Å². The number of alkyl halides is 3. The molecule has 2 atom stereocenters. The van der Waals surface area contributed by atoms with Gasteiger partial charge in [0.1, 0.15) is 17.1 Å². The molecule has 4 rings (SSSR count). The monoisotopic (exact) mass is 504 g/mol. The van der Waals surface area contributed by atoms with Gasteiger partial charge in [-0.3, -0.25) is 4.79 Å². The van der Waals surface area contributed by atoms with Crippen LogP contribution in [0.3, 0.4) is 0 Å². The molecule has 0 radical (unpaired) electrons. The Balaban J connectivity index is 1.54. The molecule has 0 aliphatic carbocycles. The van der Waals surface area contributed by atoms with Crippen LogP contribution in [0.4, 0.5) is 19.0 Å². The highest BCUT2D eigenvalue weighted by Gasteiger charge is 2.47. The second-order valence-corrected chi connectivity index (χ2v) is 8.28. The molecule has 3 aromatic rings. The maximum absolute atomic E-state index is 14.0. The molecular weight excluding hydrogens is 477 g/mol. The number of methoxy groups -OCH3 is 3. The van der Waals surface area contributed by atoms with Crippen LogP contribution in [0.15, 0.2) is 48.7 Å². The second kappa shape index (κ2) is 10.4. The van der Waals surface area contributed by atoms with Crippen LogP contribution in [0.1, 0.15) is 40.0 Å². The van der Waals surface area contributed by atoms with E-state index in [1.165, 1.54) is 14.2 Å². The number of hydrogen-bond acceptors (Lipinski definition) is 6. The summed E-state index contributed by atoms with van der Waals surface area (Å²) < 4.78 is 58.6. The van der Waals surface area contributed by atoms with Crippen molar-refractivity contribution in [1.82, 2.24) is 15.1 Å². The number of para-hydroxylation sites is 1. The summed E-state index contributed by atoms with van der Waals surface area (Å²) in [5.74, 6) is 1.11. The van der Waals surface area contributed by atoms with Crippen molar-refractivity contribution >= 4 is 11.7 Å². The fourth-order valence-corrected chi connectivity index (χ4v) is 4.34. The summed E-state index contributed by atoms with van der Waals surface area (Å²) >= 11 is 0. The van der Waals surface area contributed by atoms with Gasteiger partial charge in [-0.15, -0.1) is 0 Å². The highest BCUT2D eigenvalue weighted by Crippen LogP contribution is 2.45. The Morgan fingerprint density at radius 1 is 1.08 bits per heavy atom. The summed E-state index contributed by atoms with van der Waals surface area (Å²) in [6.07, 6.45) is -3.20. The molecule has 0 saturated heterocycles. The number of nitrogens with one attached hydrogen (secondary N) is 2. The van der Waals surface area contributed by atoms with E-state index in [0.29, 0.717) is 29.2 Å². The van der Waals surface area contributed by atoms with Crippen molar-refractivity contribution < 1.29 is 32.2 Å². The van der Waals surface area contributed by atoms with Crippen LogP contribution >= 0.6 is 0 Å². The predicted octanol–water partition coefficient (Wildman–Crippen LogP) is 4.54. The van der Waals surface area contributed by atoms with E-state index in [2.05, 4.69) is 15.7 Å². The average molecular weight is 505 g/mol. The Labute approximate surface area is 206 Å². The maximum Gasteiger partial charge on any atom is 0.410 e. The Morgan fingerprint density at radius 2 is 1.81 bits per heavy atom. The molecule has 0 saturated carbocycles. The highest BCUT2D eigenvalue weighted by molar-refractivity contribution is 5.98. The molecule has 0 bridgehead atoms. The van der Waals surface area contributed by atoms with Gasteiger partial charge < -0.3 is 24.8 Å². The van der Waals surface area contributed by atoms with Crippen molar-refractivity contribution in [2.75, 3.05) is 33.2 Å². The number of carbonyl (C=O) groups excluding carboxylic acids is 1. The van der Waals surface area contributed by atoms with E-state index in [0.717, 1.165) is 16.4 Å². The molecule has 11 heteroatoms. The summed E-state index contributed by atoms with van der Waals surface area (Å²) in [5.41, 5.74) is 1.51. The SMILES string of the molecule is COc1ccc(CCNC(=O)c2cnn3c2N[C@@H](c2ccccc2OC)C[C@H]3C(F)(F)F)cc1OC. The lowest BCUT2D eigenvalue weighted by atomic mass is 9.95. The number of fused-ring (bicyclic) bond motifs is 1. The lowest BCUT2D eigenvalue weighted by molar-refractivity contribution is -0.173. The van der Waals surface area contributed by atoms with E-state index in [1.54, 1.807) is 43.5 Å². The molecule has 1 amide bonds. The topological polar surface area (TPSA) is 86.6 Å². The van der Waals surface area contributed by atoms with Gasteiger partial charge in [-0.1, -0.05) is 24.3 Å². The van der Waals surface area contributed by atoms with Gasteiger partial charge in [-0.2, -0.15) is 18.3 Å². The zero-order chi connectivity index (χ0) is 25.9. The molecule has 1 aliphatic rings. The predicted molar refractivity (Wildman–Crippen MR) is 127 cm³/mol. The number of aromatic nitrogens is 2. The zero-order valence-electron chi connectivity index (χ0n) is 20.1. The summed E-state index contributed by atoms with van der Waals surface area (Å²) in [7, 11) is 4.54. The van der Waals surface area contributed by atoms with E-state index in [9.17, 15) is 18.0 Å². The minimum atomic E-state index is -4.55. The molecule has 2 aromatic carbocycles. The van der Waals surface area contributed by atoms with Crippen molar-refractivity contribution in [2.45, 2.75) is 31.1 Å². The zero-order valence-corrected chi connectivity index (χ0v) is 20.1.